The lowest BCUT2D eigenvalue weighted by Gasteiger charge is -2.31. The van der Waals surface area contributed by atoms with E-state index < -0.39 is 0 Å². The highest BCUT2D eigenvalue weighted by Gasteiger charge is 2.29. The molecule has 0 spiro atoms. The van der Waals surface area contributed by atoms with Crippen LogP contribution in [0.25, 0.3) is 33.7 Å². The zero-order valence-corrected chi connectivity index (χ0v) is 29.5. The molecule has 0 aromatic heterocycles. The molecule has 0 fully saturated rings. The maximum absolute atomic E-state index is 8.93. The third-order valence-electron chi connectivity index (χ3n) is 10.8. The summed E-state index contributed by atoms with van der Waals surface area (Å²) in [5, 5.41) is 23.7. The average Bonchev–Trinajstić information content (AvgIpc) is 3.23. The van der Waals surface area contributed by atoms with Crippen LogP contribution in [0.1, 0.15) is 53.5 Å². The van der Waals surface area contributed by atoms with Crippen LogP contribution in [0.15, 0.2) is 167 Å². The van der Waals surface area contributed by atoms with Crippen molar-refractivity contribution in [2.75, 3.05) is 0 Å². The van der Waals surface area contributed by atoms with E-state index in [1.807, 2.05) is 48.5 Å². The maximum Gasteiger partial charge on any atom is 0.221 e. The minimum Gasteiger partial charge on any atom is -0.421 e. The molecule has 0 bridgehead atoms. The molecule has 5 aliphatic rings. The van der Waals surface area contributed by atoms with E-state index in [9.17, 15) is 0 Å². The van der Waals surface area contributed by atoms with Gasteiger partial charge in [0.1, 0.15) is 5.84 Å². The first-order valence-corrected chi connectivity index (χ1v) is 18.6. The van der Waals surface area contributed by atoms with E-state index in [0.717, 1.165) is 71.3 Å². The minimum absolute atomic E-state index is 0.00715. The van der Waals surface area contributed by atoms with Crippen LogP contribution in [0.5, 0.6) is 0 Å². The first-order valence-electron chi connectivity index (χ1n) is 18.6. The molecule has 2 atom stereocenters. The Bertz CT molecular complexity index is 2470. The van der Waals surface area contributed by atoms with Gasteiger partial charge in [-0.1, -0.05) is 115 Å². The molecule has 4 aromatic rings. The molecule has 0 saturated carbocycles. The molecule has 9 rings (SSSR count). The van der Waals surface area contributed by atoms with Crippen LogP contribution in [0, 0.1) is 16.7 Å². The van der Waals surface area contributed by atoms with Crippen LogP contribution in [0.2, 0.25) is 0 Å². The number of rotatable bonds is 6. The van der Waals surface area contributed by atoms with Gasteiger partial charge in [-0.05, 0) is 113 Å². The number of benzene rings is 4. The Morgan fingerprint density at radius 1 is 0.774 bits per heavy atom. The molecular weight excluding hydrogens is 649 g/mol. The molecule has 4 aliphatic carbocycles. The van der Waals surface area contributed by atoms with E-state index in [1.54, 1.807) is 0 Å². The highest BCUT2D eigenvalue weighted by Crippen LogP contribution is 2.45. The van der Waals surface area contributed by atoms with E-state index in [-0.39, 0.29) is 17.8 Å². The van der Waals surface area contributed by atoms with Crippen LogP contribution >= 0.6 is 0 Å². The lowest BCUT2D eigenvalue weighted by Crippen LogP contribution is -2.39. The number of ether oxygens (including phenoxy) is 1. The lowest BCUT2D eigenvalue weighted by molar-refractivity contribution is 0.538. The fraction of sp³-hybridized carbons (Fsp3) is 0.146. The second-order valence-corrected chi connectivity index (χ2v) is 14.1. The smallest absolute Gasteiger partial charge is 0.221 e. The molecular formula is C48H40N4O. The fourth-order valence-electron chi connectivity index (χ4n) is 8.14. The molecule has 0 amide bonds. The summed E-state index contributed by atoms with van der Waals surface area (Å²) < 4.78 is 5.82. The number of hydrogen-bond acceptors (Lipinski definition) is 5. The Labute approximate surface area is 310 Å². The second-order valence-electron chi connectivity index (χ2n) is 14.1. The Hall–Kier alpha value is -6.33. The van der Waals surface area contributed by atoms with Crippen molar-refractivity contribution in [1.82, 2.24) is 5.32 Å². The summed E-state index contributed by atoms with van der Waals surface area (Å²) in [5.41, 5.74) is 11.8. The standard InChI is InChI=1S/C48H40N4O/c49-46(33-17-5-2-6-18-33)53-47(50)36-21-13-20-35(29-36)44-40-24-11-9-22-38(40)39-23-10-12-25-41(39)45(44)43-30-42(32-15-3-1-4-16-32)51-48(52-43)37-27-26-31-14-7-8-19-34(31)28-37/h1-3,5-11,13-15,17-24,27-31,42,49-50H,4,12,16,25-26H2,(H,51,52). The van der Waals surface area contributed by atoms with Gasteiger partial charge in [-0.2, -0.15) is 0 Å². The summed E-state index contributed by atoms with van der Waals surface area (Å²) in [6, 6.07) is 26.0. The summed E-state index contributed by atoms with van der Waals surface area (Å²) in [7, 11) is 0. The summed E-state index contributed by atoms with van der Waals surface area (Å²) in [4.78, 5) is 5.54. The number of hydrogen-bond donors (Lipinski definition) is 3. The van der Waals surface area contributed by atoms with Gasteiger partial charge in [0.2, 0.25) is 11.8 Å². The largest absolute Gasteiger partial charge is 0.421 e. The molecule has 5 nitrogen and oxygen atoms in total. The maximum atomic E-state index is 8.93. The van der Waals surface area contributed by atoms with Gasteiger partial charge in [-0.25, -0.2) is 4.99 Å². The van der Waals surface area contributed by atoms with Crippen molar-refractivity contribution in [1.29, 1.82) is 10.8 Å². The highest BCUT2D eigenvalue weighted by molar-refractivity contribution is 6.12. The van der Waals surface area contributed by atoms with Crippen molar-refractivity contribution in [2.45, 2.75) is 38.1 Å². The van der Waals surface area contributed by atoms with Crippen LogP contribution in [-0.4, -0.2) is 23.7 Å². The molecule has 1 heterocycles. The number of fused-ring (bicyclic) bond motifs is 4. The fourth-order valence-corrected chi connectivity index (χ4v) is 8.14. The molecule has 258 valence electrons. The van der Waals surface area contributed by atoms with Gasteiger partial charge in [0.15, 0.2) is 0 Å². The van der Waals surface area contributed by atoms with E-state index in [1.165, 1.54) is 27.7 Å². The Kier molecular flexibility index (Phi) is 8.61. The van der Waals surface area contributed by atoms with Gasteiger partial charge in [0, 0.05) is 28.2 Å². The third-order valence-corrected chi connectivity index (χ3v) is 10.8. The van der Waals surface area contributed by atoms with Crippen molar-refractivity contribution in [3.63, 3.8) is 0 Å². The summed E-state index contributed by atoms with van der Waals surface area (Å²) in [6.45, 7) is 0. The first kappa shape index (κ1) is 32.6. The van der Waals surface area contributed by atoms with Gasteiger partial charge < -0.3 is 10.1 Å². The summed E-state index contributed by atoms with van der Waals surface area (Å²) >= 11 is 0. The average molecular weight is 689 g/mol. The molecule has 3 N–H and O–H groups in total. The lowest BCUT2D eigenvalue weighted by atomic mass is 9.80. The van der Waals surface area contributed by atoms with Crippen molar-refractivity contribution in [3.8, 4) is 11.1 Å². The van der Waals surface area contributed by atoms with Crippen LogP contribution in [0.3, 0.4) is 0 Å². The number of allylic oxidation sites excluding steroid dienone is 10. The predicted molar refractivity (Wildman–Crippen MR) is 219 cm³/mol. The monoisotopic (exact) mass is 688 g/mol. The van der Waals surface area contributed by atoms with Crippen molar-refractivity contribution >= 4 is 40.2 Å². The van der Waals surface area contributed by atoms with Gasteiger partial charge >= 0.3 is 0 Å². The first-order chi connectivity index (χ1) is 26.1. The Morgan fingerprint density at radius 2 is 1.58 bits per heavy atom. The van der Waals surface area contributed by atoms with Gasteiger partial charge in [-0.15, -0.1) is 0 Å². The molecule has 1 aliphatic heterocycles. The van der Waals surface area contributed by atoms with E-state index in [2.05, 4.69) is 109 Å². The van der Waals surface area contributed by atoms with Gasteiger partial charge in [0.25, 0.3) is 0 Å². The zero-order valence-electron chi connectivity index (χ0n) is 29.5. The van der Waals surface area contributed by atoms with Crippen molar-refractivity contribution in [2.24, 2.45) is 10.9 Å². The quantitative estimate of drug-likeness (QED) is 0.139. The SMILES string of the molecule is N=C(OC(=N)c1cccc(-c2c(C3=CC(C4=CC=CCC4)NC(C4=CCC5C=CC=CC5=C4)=N3)c3c(c4ccccc24)C=CCC3)c1)c1ccccc1. The molecule has 0 radical (unpaired) electrons. The molecule has 5 heteroatoms. The Morgan fingerprint density at radius 3 is 2.45 bits per heavy atom. The predicted octanol–water partition coefficient (Wildman–Crippen LogP) is 10.8. The van der Waals surface area contributed by atoms with Crippen LogP contribution in [0.4, 0.5) is 0 Å². The van der Waals surface area contributed by atoms with Gasteiger partial charge in [0.05, 0.1) is 11.7 Å². The molecule has 2 unspecified atom stereocenters. The zero-order chi connectivity index (χ0) is 35.7. The molecule has 4 aromatic carbocycles. The van der Waals surface area contributed by atoms with E-state index >= 15 is 0 Å². The highest BCUT2D eigenvalue weighted by atomic mass is 16.5. The molecule has 53 heavy (non-hydrogen) atoms. The van der Waals surface area contributed by atoms with E-state index in [4.69, 9.17) is 20.5 Å². The number of nitrogens with zero attached hydrogens (tertiary/aromatic N) is 1. The number of amidine groups is 1. The second kappa shape index (κ2) is 14.0. The van der Waals surface area contributed by atoms with Crippen LogP contribution < -0.4 is 5.32 Å². The topological polar surface area (TPSA) is 81.3 Å². The third kappa shape index (κ3) is 6.29. The summed E-state index contributed by atoms with van der Waals surface area (Å²) in [5.74, 6) is 1.19. The van der Waals surface area contributed by atoms with Crippen molar-refractivity contribution < 1.29 is 4.74 Å². The van der Waals surface area contributed by atoms with Crippen molar-refractivity contribution in [3.05, 3.63) is 190 Å². The minimum atomic E-state index is -0.0617. The number of nitrogens with one attached hydrogen (secondary N) is 3. The molecule has 0 saturated heterocycles. The van der Waals surface area contributed by atoms with Gasteiger partial charge in [-0.3, -0.25) is 10.8 Å². The Balaban J connectivity index is 1.22. The van der Waals surface area contributed by atoms with Crippen LogP contribution in [-0.2, 0) is 11.2 Å². The van der Waals surface area contributed by atoms with E-state index in [0.29, 0.717) is 17.0 Å². The number of aliphatic imine (C=N–C) groups is 1. The normalized spacial score (nSPS) is 19.9. The summed E-state index contributed by atoms with van der Waals surface area (Å²) in [6.07, 6.45) is 31.8.